The van der Waals surface area contributed by atoms with E-state index in [4.69, 9.17) is 4.74 Å². The third-order valence-electron chi connectivity index (χ3n) is 3.47. The monoisotopic (exact) mass is 263 g/mol. The Hall–Kier alpha value is -1.71. The predicted molar refractivity (Wildman–Crippen MR) is 73.2 cm³/mol. The van der Waals surface area contributed by atoms with Gasteiger partial charge >= 0.3 is 0 Å². The Morgan fingerprint density at radius 2 is 1.89 bits per heavy atom. The average molecular weight is 263 g/mol. The molecule has 0 saturated heterocycles. The van der Waals surface area contributed by atoms with E-state index in [-0.39, 0.29) is 11.7 Å². The summed E-state index contributed by atoms with van der Waals surface area (Å²) in [6, 6.07) is 6.69. The number of hydrogen-bond acceptors (Lipinski definition) is 3. The molecule has 1 aliphatic rings. The van der Waals surface area contributed by atoms with Crippen LogP contribution in [0.2, 0.25) is 0 Å². The van der Waals surface area contributed by atoms with Gasteiger partial charge in [-0.05, 0) is 44.0 Å². The van der Waals surface area contributed by atoms with Crippen molar-refractivity contribution in [2.75, 3.05) is 0 Å². The third kappa shape index (κ3) is 4.16. The average Bonchev–Trinajstić information content (AvgIpc) is 2.42. The molecule has 104 valence electrons. The van der Waals surface area contributed by atoms with E-state index in [0.717, 1.165) is 12.8 Å². The number of amides is 1. The van der Waals surface area contributed by atoms with Gasteiger partial charge in [-0.3, -0.25) is 4.79 Å². The summed E-state index contributed by atoms with van der Waals surface area (Å²) >= 11 is 0. The van der Waals surface area contributed by atoms with Crippen molar-refractivity contribution in [1.82, 2.24) is 5.32 Å². The summed E-state index contributed by atoms with van der Waals surface area (Å²) in [6.45, 7) is 1.74. The van der Waals surface area contributed by atoms with Crippen LogP contribution in [0.3, 0.4) is 0 Å². The molecule has 0 bridgehead atoms. The molecule has 1 aromatic rings. The molecule has 1 atom stereocenters. The van der Waals surface area contributed by atoms with Crippen LogP contribution >= 0.6 is 0 Å². The van der Waals surface area contributed by atoms with Crippen molar-refractivity contribution >= 4 is 5.91 Å². The SMILES string of the molecule is CC(Oc1ccc(O)cc1)C(=O)NC1CCCCC1. The molecule has 0 aliphatic heterocycles. The van der Waals surface area contributed by atoms with Gasteiger partial charge in [-0.15, -0.1) is 0 Å². The molecular formula is C15H21NO3. The van der Waals surface area contributed by atoms with Crippen LogP contribution in [-0.4, -0.2) is 23.2 Å². The molecule has 0 spiro atoms. The molecule has 0 radical (unpaired) electrons. The molecule has 1 amide bonds. The van der Waals surface area contributed by atoms with E-state index >= 15 is 0 Å². The van der Waals surface area contributed by atoms with E-state index < -0.39 is 6.10 Å². The molecule has 0 aromatic heterocycles. The van der Waals surface area contributed by atoms with Gasteiger partial charge in [-0.25, -0.2) is 0 Å². The van der Waals surface area contributed by atoms with Crippen molar-refractivity contribution in [2.45, 2.75) is 51.2 Å². The minimum Gasteiger partial charge on any atom is -0.508 e. The number of phenolic OH excluding ortho intramolecular Hbond substituents is 1. The van der Waals surface area contributed by atoms with Crippen LogP contribution in [-0.2, 0) is 4.79 Å². The predicted octanol–water partition coefficient (Wildman–Crippen LogP) is 2.61. The second-order valence-corrected chi connectivity index (χ2v) is 5.10. The first-order valence-electron chi connectivity index (χ1n) is 6.91. The van der Waals surface area contributed by atoms with Crippen molar-refractivity contribution < 1.29 is 14.6 Å². The van der Waals surface area contributed by atoms with E-state index in [9.17, 15) is 9.90 Å². The fraction of sp³-hybridized carbons (Fsp3) is 0.533. The maximum Gasteiger partial charge on any atom is 0.260 e. The van der Waals surface area contributed by atoms with Crippen molar-refractivity contribution in [3.8, 4) is 11.5 Å². The number of benzene rings is 1. The Morgan fingerprint density at radius 1 is 1.26 bits per heavy atom. The number of nitrogens with one attached hydrogen (secondary N) is 1. The summed E-state index contributed by atoms with van der Waals surface area (Å²) in [5.74, 6) is 0.704. The maximum atomic E-state index is 12.0. The number of carbonyl (C=O) groups is 1. The van der Waals surface area contributed by atoms with Gasteiger partial charge in [0, 0.05) is 6.04 Å². The fourth-order valence-corrected chi connectivity index (χ4v) is 2.35. The fourth-order valence-electron chi connectivity index (χ4n) is 2.35. The maximum absolute atomic E-state index is 12.0. The lowest BCUT2D eigenvalue weighted by Crippen LogP contribution is -2.43. The highest BCUT2D eigenvalue weighted by atomic mass is 16.5. The molecule has 4 heteroatoms. The summed E-state index contributed by atoms with van der Waals surface area (Å²) in [5.41, 5.74) is 0. The summed E-state index contributed by atoms with van der Waals surface area (Å²) in [5, 5.41) is 12.2. The lowest BCUT2D eigenvalue weighted by molar-refractivity contribution is -0.128. The van der Waals surface area contributed by atoms with E-state index in [0.29, 0.717) is 11.8 Å². The number of aromatic hydroxyl groups is 1. The first-order chi connectivity index (χ1) is 9.15. The van der Waals surface area contributed by atoms with Crippen LogP contribution in [0.5, 0.6) is 11.5 Å². The summed E-state index contributed by atoms with van der Waals surface area (Å²) in [4.78, 5) is 12.0. The van der Waals surface area contributed by atoms with Crippen LogP contribution in [0, 0.1) is 0 Å². The van der Waals surface area contributed by atoms with E-state index in [1.165, 1.54) is 19.3 Å². The molecule has 1 unspecified atom stereocenters. The van der Waals surface area contributed by atoms with Gasteiger partial charge in [0.2, 0.25) is 0 Å². The van der Waals surface area contributed by atoms with Crippen LogP contribution in [0.15, 0.2) is 24.3 Å². The van der Waals surface area contributed by atoms with Crippen molar-refractivity contribution in [1.29, 1.82) is 0 Å². The third-order valence-corrected chi connectivity index (χ3v) is 3.47. The summed E-state index contributed by atoms with van der Waals surface area (Å²) in [7, 11) is 0. The number of ether oxygens (including phenoxy) is 1. The Bertz CT molecular complexity index is 410. The lowest BCUT2D eigenvalue weighted by atomic mass is 9.95. The largest absolute Gasteiger partial charge is 0.508 e. The zero-order chi connectivity index (χ0) is 13.7. The molecular weight excluding hydrogens is 242 g/mol. The van der Waals surface area contributed by atoms with Crippen molar-refractivity contribution in [3.63, 3.8) is 0 Å². The van der Waals surface area contributed by atoms with E-state index in [2.05, 4.69) is 5.32 Å². The van der Waals surface area contributed by atoms with Crippen LogP contribution in [0.4, 0.5) is 0 Å². The highest BCUT2D eigenvalue weighted by molar-refractivity contribution is 5.81. The molecule has 1 fully saturated rings. The standard InChI is InChI=1S/C15H21NO3/c1-11(19-14-9-7-13(17)8-10-14)15(18)16-12-5-3-2-4-6-12/h7-12,17H,2-6H2,1H3,(H,16,18). The lowest BCUT2D eigenvalue weighted by Gasteiger charge is -2.24. The Morgan fingerprint density at radius 3 is 2.53 bits per heavy atom. The smallest absolute Gasteiger partial charge is 0.260 e. The van der Waals surface area contributed by atoms with E-state index in [1.54, 1.807) is 31.2 Å². The Balaban J connectivity index is 1.83. The molecule has 2 rings (SSSR count). The number of carbonyl (C=O) groups excluding carboxylic acids is 1. The van der Waals surface area contributed by atoms with Crippen LogP contribution in [0.25, 0.3) is 0 Å². The second-order valence-electron chi connectivity index (χ2n) is 5.10. The number of phenols is 1. The molecule has 19 heavy (non-hydrogen) atoms. The summed E-state index contributed by atoms with van der Waals surface area (Å²) < 4.78 is 5.55. The van der Waals surface area contributed by atoms with Crippen LogP contribution in [0.1, 0.15) is 39.0 Å². The molecule has 0 heterocycles. The molecule has 1 saturated carbocycles. The molecule has 2 N–H and O–H groups in total. The first-order valence-corrected chi connectivity index (χ1v) is 6.91. The highest BCUT2D eigenvalue weighted by Gasteiger charge is 2.20. The number of hydrogen-bond donors (Lipinski definition) is 2. The second kappa shape index (κ2) is 6.45. The van der Waals surface area contributed by atoms with Crippen LogP contribution < -0.4 is 10.1 Å². The minimum absolute atomic E-state index is 0.0695. The Labute approximate surface area is 113 Å². The van der Waals surface area contributed by atoms with Gasteiger partial charge in [-0.2, -0.15) is 0 Å². The Kier molecular flexibility index (Phi) is 4.66. The highest BCUT2D eigenvalue weighted by Crippen LogP contribution is 2.19. The molecule has 1 aliphatic carbocycles. The normalized spacial score (nSPS) is 17.7. The molecule has 1 aromatic carbocycles. The van der Waals surface area contributed by atoms with Gasteiger partial charge in [0.25, 0.3) is 5.91 Å². The van der Waals surface area contributed by atoms with E-state index in [1.807, 2.05) is 0 Å². The van der Waals surface area contributed by atoms with Gasteiger partial charge < -0.3 is 15.2 Å². The first kappa shape index (κ1) is 13.7. The van der Waals surface area contributed by atoms with Gasteiger partial charge in [0.05, 0.1) is 0 Å². The van der Waals surface area contributed by atoms with Crippen molar-refractivity contribution in [3.05, 3.63) is 24.3 Å². The zero-order valence-corrected chi connectivity index (χ0v) is 11.3. The van der Waals surface area contributed by atoms with Crippen molar-refractivity contribution in [2.24, 2.45) is 0 Å². The zero-order valence-electron chi connectivity index (χ0n) is 11.3. The molecule has 4 nitrogen and oxygen atoms in total. The van der Waals surface area contributed by atoms with Gasteiger partial charge in [0.15, 0.2) is 6.10 Å². The van der Waals surface area contributed by atoms with Gasteiger partial charge in [0.1, 0.15) is 11.5 Å². The van der Waals surface area contributed by atoms with Gasteiger partial charge in [-0.1, -0.05) is 19.3 Å². The topological polar surface area (TPSA) is 58.6 Å². The number of rotatable bonds is 4. The summed E-state index contributed by atoms with van der Waals surface area (Å²) in [6.07, 6.45) is 5.27. The quantitative estimate of drug-likeness (QED) is 0.878. The minimum atomic E-state index is -0.522.